The number of carboxylic acids is 1. The van der Waals surface area contributed by atoms with E-state index >= 15 is 0 Å². The van der Waals surface area contributed by atoms with Crippen LogP contribution < -0.4 is 5.73 Å². The summed E-state index contributed by atoms with van der Waals surface area (Å²) in [6.45, 7) is 0. The van der Waals surface area contributed by atoms with E-state index in [1.54, 1.807) is 11.8 Å². The number of carboxylic acid groups (broad SMARTS) is 1. The van der Waals surface area contributed by atoms with Crippen molar-refractivity contribution in [1.82, 2.24) is 0 Å². The standard InChI is InChI=1S/C5H11NO2S.Au/c1-9-3-2-4(6)5(7)8;/h4H,2-3,6H2,1H3,(H,7,8);/t4-;/m0./s1. The summed E-state index contributed by atoms with van der Waals surface area (Å²) in [5.74, 6) is -0.1000. The number of thioether (sulfide) groups is 1. The molecule has 0 spiro atoms. The van der Waals surface area contributed by atoms with Crippen LogP contribution in [-0.4, -0.2) is 29.1 Å². The molecule has 0 aromatic heterocycles. The first kappa shape index (κ1) is 13.1. The molecule has 3 N–H and O–H groups in total. The minimum absolute atomic E-state index is 0. The zero-order chi connectivity index (χ0) is 7.28. The van der Waals surface area contributed by atoms with Gasteiger partial charge in [-0.1, -0.05) is 0 Å². The Labute approximate surface area is 80.3 Å². The molecule has 0 saturated heterocycles. The zero-order valence-corrected chi connectivity index (χ0v) is 8.62. The summed E-state index contributed by atoms with van der Waals surface area (Å²) in [4.78, 5) is 10.1. The van der Waals surface area contributed by atoms with Gasteiger partial charge in [0, 0.05) is 22.4 Å². The van der Waals surface area contributed by atoms with Crippen molar-refractivity contribution in [2.45, 2.75) is 12.5 Å². The van der Waals surface area contributed by atoms with Gasteiger partial charge in [0.1, 0.15) is 6.04 Å². The van der Waals surface area contributed by atoms with Crippen molar-refractivity contribution in [3.05, 3.63) is 0 Å². The minimum Gasteiger partial charge on any atom is -0.480 e. The SMILES string of the molecule is CSCC[C@H](N)C(=O)O.[Au]. The van der Waals surface area contributed by atoms with Gasteiger partial charge in [-0.05, 0) is 18.4 Å². The second-order valence-corrected chi connectivity index (χ2v) is 2.71. The molecule has 1 radical (unpaired) electrons. The topological polar surface area (TPSA) is 63.3 Å². The summed E-state index contributed by atoms with van der Waals surface area (Å²) in [5.41, 5.74) is 5.19. The van der Waals surface area contributed by atoms with Crippen LogP contribution in [0.5, 0.6) is 0 Å². The van der Waals surface area contributed by atoms with Gasteiger partial charge in [0.25, 0.3) is 0 Å². The summed E-state index contributed by atoms with van der Waals surface area (Å²) in [7, 11) is 0. The van der Waals surface area contributed by atoms with Gasteiger partial charge in [-0.3, -0.25) is 4.79 Å². The summed E-state index contributed by atoms with van der Waals surface area (Å²) in [6.07, 6.45) is 2.48. The molecule has 0 bridgehead atoms. The quantitative estimate of drug-likeness (QED) is 0.712. The van der Waals surface area contributed by atoms with E-state index in [1.807, 2.05) is 6.26 Å². The van der Waals surface area contributed by atoms with Crippen LogP contribution in [0.3, 0.4) is 0 Å². The van der Waals surface area contributed by atoms with Crippen LogP contribution in [0.2, 0.25) is 0 Å². The fraction of sp³-hybridized carbons (Fsp3) is 0.800. The third-order valence-electron chi connectivity index (χ3n) is 0.950. The molecule has 0 amide bonds. The largest absolute Gasteiger partial charge is 0.480 e. The number of aliphatic carboxylic acids is 1. The first-order valence-electron chi connectivity index (χ1n) is 2.65. The summed E-state index contributed by atoms with van der Waals surface area (Å²) >= 11 is 1.60. The van der Waals surface area contributed by atoms with Crippen molar-refractivity contribution < 1.29 is 32.3 Å². The first-order chi connectivity index (χ1) is 4.18. The fourth-order valence-corrected chi connectivity index (χ4v) is 0.858. The Balaban J connectivity index is 0. The average Bonchev–Trinajstić information content (AvgIpc) is 1.82. The maximum Gasteiger partial charge on any atom is 0.320 e. The molecule has 0 aliphatic heterocycles. The van der Waals surface area contributed by atoms with Crippen LogP contribution in [0.25, 0.3) is 0 Å². The van der Waals surface area contributed by atoms with Crippen LogP contribution in [-0.2, 0) is 27.2 Å². The van der Waals surface area contributed by atoms with Crippen molar-refractivity contribution in [2.24, 2.45) is 5.73 Å². The number of carbonyl (C=O) groups is 1. The molecule has 0 aromatic carbocycles. The second-order valence-electron chi connectivity index (χ2n) is 1.73. The van der Waals surface area contributed by atoms with Crippen LogP contribution in [0, 0.1) is 0 Å². The number of rotatable bonds is 4. The fourth-order valence-electron chi connectivity index (χ4n) is 0.368. The number of hydrogen-bond acceptors (Lipinski definition) is 3. The van der Waals surface area contributed by atoms with Gasteiger partial charge >= 0.3 is 5.97 Å². The maximum absolute atomic E-state index is 10.1. The van der Waals surface area contributed by atoms with Crippen molar-refractivity contribution in [2.75, 3.05) is 12.0 Å². The van der Waals surface area contributed by atoms with E-state index in [4.69, 9.17) is 10.8 Å². The Hall–Kier alpha value is 0.520. The van der Waals surface area contributed by atoms with E-state index < -0.39 is 12.0 Å². The molecule has 3 nitrogen and oxygen atoms in total. The van der Waals surface area contributed by atoms with Crippen molar-refractivity contribution in [3.63, 3.8) is 0 Å². The molecular weight excluding hydrogens is 335 g/mol. The summed E-state index contributed by atoms with van der Waals surface area (Å²) < 4.78 is 0. The Morgan fingerprint density at radius 3 is 2.60 bits per heavy atom. The Bertz CT molecular complexity index is 102. The van der Waals surface area contributed by atoms with Gasteiger partial charge in [-0.25, -0.2) is 0 Å². The Morgan fingerprint density at radius 2 is 2.30 bits per heavy atom. The van der Waals surface area contributed by atoms with E-state index in [2.05, 4.69) is 0 Å². The van der Waals surface area contributed by atoms with Gasteiger partial charge in [0.15, 0.2) is 0 Å². The van der Waals surface area contributed by atoms with Gasteiger partial charge < -0.3 is 10.8 Å². The van der Waals surface area contributed by atoms with Crippen molar-refractivity contribution in [3.8, 4) is 0 Å². The van der Waals surface area contributed by atoms with E-state index in [9.17, 15) is 4.79 Å². The number of nitrogens with two attached hydrogens (primary N) is 1. The predicted octanol–water partition coefficient (Wildman–Crippen LogP) is 0.149. The normalized spacial score (nSPS) is 11.8. The molecule has 5 heteroatoms. The molecule has 0 rings (SSSR count). The molecule has 0 fully saturated rings. The van der Waals surface area contributed by atoms with Crippen molar-refractivity contribution in [1.29, 1.82) is 0 Å². The van der Waals surface area contributed by atoms with Crippen LogP contribution in [0.15, 0.2) is 0 Å². The van der Waals surface area contributed by atoms with Gasteiger partial charge in [0.2, 0.25) is 0 Å². The Kier molecular flexibility index (Phi) is 10.0. The molecule has 0 aliphatic carbocycles. The van der Waals surface area contributed by atoms with Gasteiger partial charge in [-0.2, -0.15) is 11.8 Å². The van der Waals surface area contributed by atoms with Gasteiger partial charge in [0.05, 0.1) is 0 Å². The first-order valence-corrected chi connectivity index (χ1v) is 4.05. The van der Waals surface area contributed by atoms with E-state index in [-0.39, 0.29) is 22.4 Å². The molecule has 0 heterocycles. The maximum atomic E-state index is 10.1. The Morgan fingerprint density at radius 1 is 1.80 bits per heavy atom. The van der Waals surface area contributed by atoms with E-state index in [1.165, 1.54) is 0 Å². The molecule has 65 valence electrons. The van der Waals surface area contributed by atoms with Gasteiger partial charge in [-0.15, -0.1) is 0 Å². The minimum atomic E-state index is -0.913. The third-order valence-corrected chi connectivity index (χ3v) is 1.59. The summed E-state index contributed by atoms with van der Waals surface area (Å²) in [6, 6.07) is -0.683. The zero-order valence-electron chi connectivity index (χ0n) is 5.63. The van der Waals surface area contributed by atoms with Crippen LogP contribution in [0.4, 0.5) is 0 Å². The molecule has 0 aliphatic rings. The predicted molar refractivity (Wildman–Crippen MR) is 38.6 cm³/mol. The molecule has 10 heavy (non-hydrogen) atoms. The molecule has 1 atom stereocenters. The summed E-state index contributed by atoms with van der Waals surface area (Å²) in [5, 5.41) is 8.27. The second kappa shape index (κ2) is 7.63. The molecular formula is C5H11AuNO2S. The van der Waals surface area contributed by atoms with Crippen LogP contribution >= 0.6 is 11.8 Å². The smallest absolute Gasteiger partial charge is 0.320 e. The monoisotopic (exact) mass is 346 g/mol. The van der Waals surface area contributed by atoms with Crippen molar-refractivity contribution >= 4 is 17.7 Å². The van der Waals surface area contributed by atoms with E-state index in [0.717, 1.165) is 5.75 Å². The molecule has 0 aromatic rings. The number of hydrogen-bond donors (Lipinski definition) is 2. The molecule has 0 unspecified atom stereocenters. The average molecular weight is 346 g/mol. The third kappa shape index (κ3) is 6.64. The van der Waals surface area contributed by atoms with Crippen LogP contribution in [0.1, 0.15) is 6.42 Å². The molecule has 0 saturated carbocycles. The van der Waals surface area contributed by atoms with E-state index in [0.29, 0.717) is 6.42 Å².